The van der Waals surface area contributed by atoms with E-state index in [1.54, 1.807) is 0 Å². The van der Waals surface area contributed by atoms with Crippen LogP contribution in [0.2, 0.25) is 5.02 Å². The predicted octanol–water partition coefficient (Wildman–Crippen LogP) is 3.16. The summed E-state index contributed by atoms with van der Waals surface area (Å²) in [5.74, 6) is 0.904. The summed E-state index contributed by atoms with van der Waals surface area (Å²) in [6.07, 6.45) is 2.74. The van der Waals surface area contributed by atoms with Crippen molar-refractivity contribution in [1.82, 2.24) is 0 Å². The van der Waals surface area contributed by atoms with E-state index in [1.807, 2.05) is 36.4 Å². The van der Waals surface area contributed by atoms with Crippen LogP contribution < -0.4 is 10.1 Å². The lowest BCUT2D eigenvalue weighted by Gasteiger charge is -2.13. The first-order chi connectivity index (χ1) is 11.3. The highest BCUT2D eigenvalue weighted by molar-refractivity contribution is 6.30. The molecular weight excluding hydrogens is 310 g/mol. The molecule has 1 aliphatic heterocycles. The van der Waals surface area contributed by atoms with Gasteiger partial charge in [-0.3, -0.25) is 0 Å². The first-order valence-electron chi connectivity index (χ1n) is 8.19. The van der Waals surface area contributed by atoms with Crippen LogP contribution in [0.3, 0.4) is 0 Å². The Bertz CT molecular complexity index is 612. The van der Waals surface area contributed by atoms with Crippen LogP contribution in [0.5, 0.6) is 5.75 Å². The summed E-state index contributed by atoms with van der Waals surface area (Å²) in [6.45, 7) is 3.32. The number of ether oxygens (including phenoxy) is 2. The standard InChI is InChI=1S/C19H22ClNO2/c20-17-8-9-19(23-14-15-5-2-1-3-6-15)16(11-17)12-21-13-18-7-4-10-22-18/h1-3,5-6,8-9,11,18,21H,4,7,10,12-14H2/p+1/t18-/m0/s1. The molecule has 4 heteroatoms. The zero-order chi connectivity index (χ0) is 15.9. The second-order valence-corrected chi connectivity index (χ2v) is 6.33. The van der Waals surface area contributed by atoms with Gasteiger partial charge >= 0.3 is 0 Å². The van der Waals surface area contributed by atoms with Crippen LogP contribution in [0.25, 0.3) is 0 Å². The molecule has 0 aromatic heterocycles. The minimum absolute atomic E-state index is 0.392. The van der Waals surface area contributed by atoms with Crippen LogP contribution in [0, 0.1) is 0 Å². The van der Waals surface area contributed by atoms with E-state index >= 15 is 0 Å². The largest absolute Gasteiger partial charge is 0.488 e. The van der Waals surface area contributed by atoms with Crippen molar-refractivity contribution in [2.24, 2.45) is 0 Å². The SMILES string of the molecule is Clc1ccc(OCc2ccccc2)c(C[NH2+]C[C@@H]2CCCO2)c1. The summed E-state index contributed by atoms with van der Waals surface area (Å²) >= 11 is 6.15. The van der Waals surface area contributed by atoms with Crippen molar-refractivity contribution < 1.29 is 14.8 Å². The van der Waals surface area contributed by atoms with Crippen molar-refractivity contribution >= 4 is 11.6 Å². The van der Waals surface area contributed by atoms with E-state index in [0.29, 0.717) is 12.7 Å². The van der Waals surface area contributed by atoms with Gasteiger partial charge in [0.15, 0.2) is 0 Å². The number of quaternary nitrogens is 1. The van der Waals surface area contributed by atoms with Crippen molar-refractivity contribution in [1.29, 1.82) is 0 Å². The van der Waals surface area contributed by atoms with Gasteiger partial charge in [0.1, 0.15) is 31.5 Å². The van der Waals surface area contributed by atoms with Gasteiger partial charge in [-0.1, -0.05) is 41.9 Å². The van der Waals surface area contributed by atoms with Gasteiger partial charge in [-0.2, -0.15) is 0 Å². The molecule has 2 aromatic carbocycles. The fourth-order valence-electron chi connectivity index (χ4n) is 2.84. The molecule has 2 aromatic rings. The lowest BCUT2D eigenvalue weighted by molar-refractivity contribution is -0.676. The molecular formula is C19H23ClNO2+. The maximum atomic E-state index is 6.15. The second kappa shape index (κ2) is 8.34. The molecule has 0 bridgehead atoms. The molecule has 0 radical (unpaired) electrons. The molecule has 0 saturated carbocycles. The summed E-state index contributed by atoms with van der Waals surface area (Å²) in [5.41, 5.74) is 2.29. The molecule has 1 atom stereocenters. The molecule has 23 heavy (non-hydrogen) atoms. The first kappa shape index (κ1) is 16.3. The highest BCUT2D eigenvalue weighted by Crippen LogP contribution is 2.23. The average Bonchev–Trinajstić information content (AvgIpc) is 3.08. The Morgan fingerprint density at radius 2 is 2.04 bits per heavy atom. The molecule has 1 aliphatic rings. The Hall–Kier alpha value is -1.55. The van der Waals surface area contributed by atoms with Crippen molar-refractivity contribution in [3.05, 3.63) is 64.7 Å². The van der Waals surface area contributed by atoms with Crippen LogP contribution in [0.15, 0.2) is 48.5 Å². The Kier molecular flexibility index (Phi) is 5.92. The van der Waals surface area contributed by atoms with Gasteiger partial charge in [0.25, 0.3) is 0 Å². The predicted molar refractivity (Wildman–Crippen MR) is 91.7 cm³/mol. The number of hydrogen-bond donors (Lipinski definition) is 1. The van der Waals surface area contributed by atoms with Crippen molar-refractivity contribution in [3.63, 3.8) is 0 Å². The van der Waals surface area contributed by atoms with Gasteiger partial charge in [-0.25, -0.2) is 0 Å². The van der Waals surface area contributed by atoms with Crippen LogP contribution in [0.1, 0.15) is 24.0 Å². The lowest BCUT2D eigenvalue weighted by atomic mass is 10.2. The molecule has 1 heterocycles. The van der Waals surface area contributed by atoms with Gasteiger partial charge in [0.05, 0.1) is 0 Å². The van der Waals surface area contributed by atoms with Crippen molar-refractivity contribution in [3.8, 4) is 5.75 Å². The molecule has 2 N–H and O–H groups in total. The normalized spacial score (nSPS) is 17.3. The van der Waals surface area contributed by atoms with E-state index in [1.165, 1.54) is 12.8 Å². The zero-order valence-electron chi connectivity index (χ0n) is 13.2. The highest BCUT2D eigenvalue weighted by atomic mass is 35.5. The third kappa shape index (κ3) is 4.96. The van der Waals surface area contributed by atoms with Gasteiger partial charge in [-0.05, 0) is 36.6 Å². The number of hydrogen-bond acceptors (Lipinski definition) is 2. The number of benzene rings is 2. The number of rotatable bonds is 7. The quantitative estimate of drug-likeness (QED) is 0.845. The molecule has 0 amide bonds. The summed E-state index contributed by atoms with van der Waals surface area (Å²) in [7, 11) is 0. The summed E-state index contributed by atoms with van der Waals surface area (Å²) in [6, 6.07) is 16.0. The Labute approximate surface area is 142 Å². The second-order valence-electron chi connectivity index (χ2n) is 5.89. The fraction of sp³-hybridized carbons (Fsp3) is 0.368. The smallest absolute Gasteiger partial charge is 0.128 e. The minimum atomic E-state index is 0.392. The van der Waals surface area contributed by atoms with Crippen LogP contribution >= 0.6 is 11.6 Å². The van der Waals surface area contributed by atoms with Crippen LogP contribution in [-0.2, 0) is 17.9 Å². The van der Waals surface area contributed by atoms with E-state index in [-0.39, 0.29) is 0 Å². The molecule has 3 rings (SSSR count). The van der Waals surface area contributed by atoms with Crippen LogP contribution in [-0.4, -0.2) is 19.3 Å². The maximum Gasteiger partial charge on any atom is 0.128 e. The maximum absolute atomic E-state index is 6.15. The van der Waals surface area contributed by atoms with E-state index in [9.17, 15) is 0 Å². The third-order valence-electron chi connectivity index (χ3n) is 4.08. The molecule has 0 unspecified atom stereocenters. The van der Waals surface area contributed by atoms with E-state index in [4.69, 9.17) is 21.1 Å². The van der Waals surface area contributed by atoms with Gasteiger partial charge < -0.3 is 14.8 Å². The zero-order valence-corrected chi connectivity index (χ0v) is 14.0. The Balaban J connectivity index is 1.58. The number of nitrogens with two attached hydrogens (primary N) is 1. The molecule has 0 aliphatic carbocycles. The Morgan fingerprint density at radius 1 is 1.17 bits per heavy atom. The molecule has 1 fully saturated rings. The average molecular weight is 333 g/mol. The van der Waals surface area contributed by atoms with Gasteiger partial charge in [0, 0.05) is 17.2 Å². The topological polar surface area (TPSA) is 35.1 Å². The van der Waals surface area contributed by atoms with Crippen molar-refractivity contribution in [2.75, 3.05) is 13.2 Å². The Morgan fingerprint density at radius 3 is 2.83 bits per heavy atom. The summed E-state index contributed by atoms with van der Waals surface area (Å²) in [5, 5.41) is 3.02. The number of halogens is 1. The molecule has 0 spiro atoms. The van der Waals surface area contributed by atoms with Crippen molar-refractivity contribution in [2.45, 2.75) is 32.1 Å². The van der Waals surface area contributed by atoms with E-state index in [2.05, 4.69) is 17.4 Å². The van der Waals surface area contributed by atoms with E-state index in [0.717, 1.165) is 41.6 Å². The van der Waals surface area contributed by atoms with Gasteiger partial charge in [-0.15, -0.1) is 0 Å². The lowest BCUT2D eigenvalue weighted by Crippen LogP contribution is -2.84. The minimum Gasteiger partial charge on any atom is -0.488 e. The third-order valence-corrected chi connectivity index (χ3v) is 4.31. The molecule has 3 nitrogen and oxygen atoms in total. The van der Waals surface area contributed by atoms with Gasteiger partial charge in [0.2, 0.25) is 0 Å². The van der Waals surface area contributed by atoms with Crippen LogP contribution in [0.4, 0.5) is 0 Å². The molecule has 1 saturated heterocycles. The monoisotopic (exact) mass is 332 g/mol. The van der Waals surface area contributed by atoms with E-state index < -0.39 is 0 Å². The summed E-state index contributed by atoms with van der Waals surface area (Å²) in [4.78, 5) is 0. The highest BCUT2D eigenvalue weighted by Gasteiger charge is 2.17. The first-order valence-corrected chi connectivity index (χ1v) is 8.57. The fourth-order valence-corrected chi connectivity index (χ4v) is 3.03. The molecule has 122 valence electrons. The summed E-state index contributed by atoms with van der Waals surface area (Å²) < 4.78 is 11.7.